The van der Waals surface area contributed by atoms with Gasteiger partial charge in [0.05, 0.1) is 6.54 Å². The largest absolute Gasteiger partial charge is 0.409 e. The van der Waals surface area contributed by atoms with E-state index in [1.54, 1.807) is 0 Å². The molecule has 19 heavy (non-hydrogen) atoms. The number of hydrogen-bond acceptors (Lipinski definition) is 5. The van der Waals surface area contributed by atoms with E-state index in [1.807, 2.05) is 4.90 Å². The Bertz CT molecular complexity index is 334. The van der Waals surface area contributed by atoms with Gasteiger partial charge in [0, 0.05) is 32.8 Å². The molecule has 0 aromatic carbocycles. The smallest absolute Gasteiger partial charge is 0.251 e. The lowest BCUT2D eigenvalue weighted by Crippen LogP contribution is -2.53. The first-order chi connectivity index (χ1) is 9.20. The third-order valence-electron chi connectivity index (χ3n) is 3.65. The molecule has 1 atom stereocenters. The summed E-state index contributed by atoms with van der Waals surface area (Å²) < 4.78 is 5.52. The number of hydrogen-bond donors (Lipinski definition) is 2. The van der Waals surface area contributed by atoms with E-state index in [2.05, 4.69) is 10.1 Å². The van der Waals surface area contributed by atoms with Crippen molar-refractivity contribution in [2.45, 2.75) is 25.4 Å². The van der Waals surface area contributed by atoms with Gasteiger partial charge in [0.15, 0.2) is 5.84 Å². The van der Waals surface area contributed by atoms with E-state index in [0.29, 0.717) is 26.2 Å². The van der Waals surface area contributed by atoms with Gasteiger partial charge in [0.25, 0.3) is 5.91 Å². The van der Waals surface area contributed by atoms with E-state index >= 15 is 0 Å². The predicted molar refractivity (Wildman–Crippen MR) is 70.0 cm³/mol. The summed E-state index contributed by atoms with van der Waals surface area (Å²) in [7, 11) is 0. The summed E-state index contributed by atoms with van der Waals surface area (Å²) in [6, 6.07) is 0. The third-order valence-corrected chi connectivity index (χ3v) is 3.65. The van der Waals surface area contributed by atoms with Gasteiger partial charge in [-0.15, -0.1) is 0 Å². The van der Waals surface area contributed by atoms with Crippen LogP contribution in [-0.2, 0) is 9.53 Å². The van der Waals surface area contributed by atoms with Crippen LogP contribution in [0.1, 0.15) is 19.3 Å². The Hall–Kier alpha value is -1.34. The van der Waals surface area contributed by atoms with Crippen molar-refractivity contribution in [1.82, 2.24) is 9.80 Å². The number of piperazine rings is 1. The van der Waals surface area contributed by atoms with Gasteiger partial charge in [-0.25, -0.2) is 0 Å². The van der Waals surface area contributed by atoms with E-state index in [1.165, 1.54) is 0 Å². The molecule has 0 radical (unpaired) electrons. The maximum absolute atomic E-state index is 12.2. The molecule has 0 aromatic heterocycles. The van der Waals surface area contributed by atoms with Gasteiger partial charge in [-0.1, -0.05) is 5.16 Å². The molecule has 2 aliphatic heterocycles. The summed E-state index contributed by atoms with van der Waals surface area (Å²) in [5.74, 6) is 0.318. The maximum Gasteiger partial charge on any atom is 0.251 e. The van der Waals surface area contributed by atoms with E-state index in [0.717, 1.165) is 32.4 Å². The second kappa shape index (κ2) is 6.72. The van der Waals surface area contributed by atoms with Crippen LogP contribution in [0.25, 0.3) is 0 Å². The lowest BCUT2D eigenvalue weighted by molar-refractivity contribution is -0.148. The number of carbonyl (C=O) groups excluding carboxylic acids is 1. The SMILES string of the molecule is NC(CN1CCN(C(=O)C2CCCCO2)CC1)=NO. The molecule has 0 aromatic rings. The fourth-order valence-electron chi connectivity index (χ4n) is 2.53. The van der Waals surface area contributed by atoms with Gasteiger partial charge in [0.1, 0.15) is 6.10 Å². The number of rotatable bonds is 3. The van der Waals surface area contributed by atoms with E-state index < -0.39 is 0 Å². The highest BCUT2D eigenvalue weighted by molar-refractivity contribution is 5.82. The molecular formula is C12H22N4O3. The molecule has 0 spiro atoms. The Kier molecular flexibility index (Phi) is 4.98. The Labute approximate surface area is 113 Å². The first kappa shape index (κ1) is 14.1. The van der Waals surface area contributed by atoms with Crippen molar-refractivity contribution in [3.8, 4) is 0 Å². The number of oxime groups is 1. The minimum absolute atomic E-state index is 0.114. The summed E-state index contributed by atoms with van der Waals surface area (Å²) in [6.07, 6.45) is 2.71. The zero-order chi connectivity index (χ0) is 13.7. The fourth-order valence-corrected chi connectivity index (χ4v) is 2.53. The molecule has 2 rings (SSSR count). The second-order valence-electron chi connectivity index (χ2n) is 5.05. The number of ether oxygens (including phenoxy) is 1. The van der Waals surface area contributed by atoms with Crippen LogP contribution in [0, 0.1) is 0 Å². The van der Waals surface area contributed by atoms with Crippen molar-refractivity contribution in [3.63, 3.8) is 0 Å². The summed E-state index contributed by atoms with van der Waals surface area (Å²) in [5.41, 5.74) is 5.47. The maximum atomic E-state index is 12.2. The van der Waals surface area contributed by atoms with Gasteiger partial charge in [-0.05, 0) is 19.3 Å². The molecule has 0 bridgehead atoms. The average Bonchev–Trinajstić information content (AvgIpc) is 2.48. The van der Waals surface area contributed by atoms with Crippen molar-refractivity contribution in [1.29, 1.82) is 0 Å². The number of carbonyl (C=O) groups is 1. The number of amidine groups is 1. The Morgan fingerprint density at radius 3 is 2.63 bits per heavy atom. The number of nitrogens with two attached hydrogens (primary N) is 1. The Morgan fingerprint density at radius 1 is 1.32 bits per heavy atom. The van der Waals surface area contributed by atoms with Crippen LogP contribution in [0.2, 0.25) is 0 Å². The lowest BCUT2D eigenvalue weighted by Gasteiger charge is -2.36. The van der Waals surface area contributed by atoms with Crippen LogP contribution < -0.4 is 5.73 Å². The van der Waals surface area contributed by atoms with Crippen molar-refractivity contribution < 1.29 is 14.7 Å². The molecule has 2 heterocycles. The fraction of sp³-hybridized carbons (Fsp3) is 0.833. The first-order valence-electron chi connectivity index (χ1n) is 6.80. The average molecular weight is 270 g/mol. The van der Waals surface area contributed by atoms with E-state index in [4.69, 9.17) is 15.7 Å². The molecule has 3 N–H and O–H groups in total. The molecule has 2 saturated heterocycles. The molecule has 7 nitrogen and oxygen atoms in total. The predicted octanol–water partition coefficient (Wildman–Crippen LogP) is -0.554. The van der Waals surface area contributed by atoms with Crippen molar-refractivity contribution in [3.05, 3.63) is 0 Å². The van der Waals surface area contributed by atoms with Crippen LogP contribution in [0.3, 0.4) is 0 Å². The molecular weight excluding hydrogens is 248 g/mol. The molecule has 2 fully saturated rings. The summed E-state index contributed by atoms with van der Waals surface area (Å²) in [4.78, 5) is 16.2. The first-order valence-corrected chi connectivity index (χ1v) is 6.80. The van der Waals surface area contributed by atoms with Crippen LogP contribution in [0.5, 0.6) is 0 Å². The number of nitrogens with zero attached hydrogens (tertiary/aromatic N) is 3. The van der Waals surface area contributed by atoms with Gasteiger partial charge in [-0.2, -0.15) is 0 Å². The molecule has 7 heteroatoms. The summed E-state index contributed by atoms with van der Waals surface area (Å²) in [5, 5.41) is 11.5. The lowest BCUT2D eigenvalue weighted by atomic mass is 10.1. The zero-order valence-corrected chi connectivity index (χ0v) is 11.1. The Morgan fingerprint density at radius 2 is 2.05 bits per heavy atom. The monoisotopic (exact) mass is 270 g/mol. The minimum Gasteiger partial charge on any atom is -0.409 e. The molecule has 2 aliphatic rings. The molecule has 1 amide bonds. The van der Waals surface area contributed by atoms with Crippen molar-refractivity contribution in [2.24, 2.45) is 10.9 Å². The molecule has 0 aliphatic carbocycles. The molecule has 0 saturated carbocycles. The van der Waals surface area contributed by atoms with Gasteiger partial charge in [0.2, 0.25) is 0 Å². The van der Waals surface area contributed by atoms with Crippen molar-refractivity contribution >= 4 is 11.7 Å². The van der Waals surface area contributed by atoms with Crippen LogP contribution in [-0.4, -0.2) is 72.2 Å². The Balaban J connectivity index is 1.77. The van der Waals surface area contributed by atoms with Crippen LogP contribution >= 0.6 is 0 Å². The highest BCUT2D eigenvalue weighted by Gasteiger charge is 2.29. The minimum atomic E-state index is -0.246. The van der Waals surface area contributed by atoms with E-state index in [-0.39, 0.29) is 17.8 Å². The van der Waals surface area contributed by atoms with Gasteiger partial charge in [-0.3, -0.25) is 9.69 Å². The summed E-state index contributed by atoms with van der Waals surface area (Å²) in [6.45, 7) is 3.98. The zero-order valence-electron chi connectivity index (χ0n) is 11.1. The van der Waals surface area contributed by atoms with Crippen LogP contribution in [0.15, 0.2) is 5.16 Å². The second-order valence-corrected chi connectivity index (χ2v) is 5.05. The molecule has 1 unspecified atom stereocenters. The quantitative estimate of drug-likeness (QED) is 0.311. The topological polar surface area (TPSA) is 91.4 Å². The molecule has 108 valence electrons. The normalized spacial score (nSPS) is 26.4. The van der Waals surface area contributed by atoms with E-state index in [9.17, 15) is 4.79 Å². The summed E-state index contributed by atoms with van der Waals surface area (Å²) >= 11 is 0. The van der Waals surface area contributed by atoms with Crippen LogP contribution in [0.4, 0.5) is 0 Å². The standard InChI is InChI=1S/C12H22N4O3/c13-11(14-18)9-15-4-6-16(7-5-15)12(17)10-3-1-2-8-19-10/h10,18H,1-9H2,(H2,13,14). The highest BCUT2D eigenvalue weighted by atomic mass is 16.5. The highest BCUT2D eigenvalue weighted by Crippen LogP contribution is 2.16. The number of amides is 1. The van der Waals surface area contributed by atoms with Gasteiger partial charge < -0.3 is 20.6 Å². The van der Waals surface area contributed by atoms with Gasteiger partial charge >= 0.3 is 0 Å². The third kappa shape index (κ3) is 3.81. The van der Waals surface area contributed by atoms with Crippen molar-refractivity contribution in [2.75, 3.05) is 39.3 Å².